The number of H-pyrrole nitrogens is 1. The van der Waals surface area contributed by atoms with Crippen molar-refractivity contribution in [1.82, 2.24) is 19.6 Å². The van der Waals surface area contributed by atoms with Gasteiger partial charge in [-0.3, -0.25) is 19.8 Å². The fourth-order valence-corrected chi connectivity index (χ4v) is 9.81. The molecule has 2 aliphatic carbocycles. The number of hydrogen-bond donors (Lipinski definition) is 3. The first-order valence-corrected chi connectivity index (χ1v) is 22.8. The summed E-state index contributed by atoms with van der Waals surface area (Å²) < 4.78 is 35.8. The van der Waals surface area contributed by atoms with Gasteiger partial charge in [-0.2, -0.15) is 0 Å². The Balaban J connectivity index is 1.08. The number of carbonyl (C=O) groups is 1. The quantitative estimate of drug-likeness (QED) is 0.0598. The number of nitrogens with one attached hydrogen (secondary N) is 3. The Hall–Kier alpha value is -4.95. The number of piperazine rings is 1. The van der Waals surface area contributed by atoms with Crippen LogP contribution in [0.3, 0.4) is 0 Å². The van der Waals surface area contributed by atoms with Gasteiger partial charge in [-0.1, -0.05) is 58.1 Å². The molecular formula is C45H59N7O6S. The van der Waals surface area contributed by atoms with Gasteiger partial charge in [-0.05, 0) is 98.6 Å². The number of benzene rings is 2. The van der Waals surface area contributed by atoms with Crippen molar-refractivity contribution in [3.05, 3.63) is 87.7 Å². The Kier molecular flexibility index (Phi) is 13.0. The Morgan fingerprint density at radius 3 is 2.56 bits per heavy atom. The highest BCUT2D eigenvalue weighted by atomic mass is 32.2. The van der Waals surface area contributed by atoms with Crippen LogP contribution in [0.25, 0.3) is 11.0 Å². The van der Waals surface area contributed by atoms with Crippen LogP contribution in [-0.4, -0.2) is 73.4 Å². The second-order valence-corrected chi connectivity index (χ2v) is 19.3. The lowest BCUT2D eigenvalue weighted by Crippen LogP contribution is -2.47. The van der Waals surface area contributed by atoms with E-state index in [1.54, 1.807) is 41.7 Å². The van der Waals surface area contributed by atoms with Gasteiger partial charge in [-0.15, -0.1) is 0 Å². The average molecular weight is 826 g/mol. The third kappa shape index (κ3) is 10.4. The highest BCUT2D eigenvalue weighted by Crippen LogP contribution is 2.41. The minimum absolute atomic E-state index is 0.00789. The number of allylic oxidation sites excluding steroid dienone is 1. The van der Waals surface area contributed by atoms with Crippen LogP contribution in [-0.2, 0) is 10.0 Å². The molecule has 0 atom stereocenters. The van der Waals surface area contributed by atoms with E-state index in [-0.39, 0.29) is 27.6 Å². The summed E-state index contributed by atoms with van der Waals surface area (Å²) in [6.45, 7) is 14.2. The topological polar surface area (TPSA) is 163 Å². The lowest BCUT2D eigenvalue weighted by atomic mass is 9.73. The van der Waals surface area contributed by atoms with Gasteiger partial charge in [0.15, 0.2) is 0 Å². The van der Waals surface area contributed by atoms with Crippen molar-refractivity contribution >= 4 is 44.0 Å². The van der Waals surface area contributed by atoms with Gasteiger partial charge in [0.25, 0.3) is 21.6 Å². The number of nitro groups is 1. The number of aromatic amines is 1. The molecule has 7 rings (SSSR count). The summed E-state index contributed by atoms with van der Waals surface area (Å²) in [5.41, 5.74) is 5.02. The maximum Gasteiger partial charge on any atom is 0.293 e. The van der Waals surface area contributed by atoms with Crippen LogP contribution >= 0.6 is 0 Å². The van der Waals surface area contributed by atoms with Crippen molar-refractivity contribution in [2.24, 2.45) is 17.3 Å². The number of rotatable bonds is 15. The zero-order valence-electron chi connectivity index (χ0n) is 34.9. The van der Waals surface area contributed by atoms with Gasteiger partial charge in [0, 0.05) is 68.7 Å². The first-order chi connectivity index (χ1) is 28.3. The standard InChI is InChI=1S/C45H59N7O6S/c1-5-6-7-34-27-45(3,4)18-16-35(34)30-50-20-22-51(23-21-50)36-12-14-39(42(25-36)58-37-24-33-17-19-46-43(33)48-29-37)44(53)49-59(56,57)38-13-15-40(41(26-38)52(54)55)47-28-32-10-8-31(2)9-11-32/h12-15,17,19,24-26,29,31-32,47H,5-11,16,18,20-23,27-28,30H2,1-4H3,(H,46,48)(H,49,53). The number of sulfonamides is 1. The molecule has 0 radical (unpaired) electrons. The summed E-state index contributed by atoms with van der Waals surface area (Å²) in [7, 11) is -4.52. The maximum atomic E-state index is 13.9. The van der Waals surface area contributed by atoms with E-state index in [2.05, 4.69) is 57.5 Å². The Morgan fingerprint density at radius 2 is 1.81 bits per heavy atom. The molecule has 1 aliphatic heterocycles. The molecular weight excluding hydrogens is 767 g/mol. The van der Waals surface area contributed by atoms with Crippen molar-refractivity contribution in [3.63, 3.8) is 0 Å². The fourth-order valence-electron chi connectivity index (χ4n) is 8.82. The number of nitro benzene ring substituents is 1. The lowest BCUT2D eigenvalue weighted by molar-refractivity contribution is -0.384. The molecule has 1 amide bonds. The highest BCUT2D eigenvalue weighted by Gasteiger charge is 2.30. The molecule has 1 saturated heterocycles. The van der Waals surface area contributed by atoms with Crippen LogP contribution in [0.15, 0.2) is 77.0 Å². The van der Waals surface area contributed by atoms with Crippen LogP contribution < -0.4 is 19.7 Å². The second kappa shape index (κ2) is 18.1. The second-order valence-electron chi connectivity index (χ2n) is 17.7. The van der Waals surface area contributed by atoms with Crippen LogP contribution in [0.2, 0.25) is 0 Å². The fraction of sp³-hybridized carbons (Fsp3) is 0.511. The molecule has 4 aromatic rings. The molecule has 316 valence electrons. The number of hydrogen-bond acceptors (Lipinski definition) is 10. The summed E-state index contributed by atoms with van der Waals surface area (Å²) in [6, 6.07) is 12.5. The van der Waals surface area contributed by atoms with Gasteiger partial charge < -0.3 is 19.9 Å². The Bertz CT molecular complexity index is 2290. The molecule has 3 aliphatic rings. The lowest BCUT2D eigenvalue weighted by Gasteiger charge is -2.39. The van der Waals surface area contributed by atoms with E-state index < -0.39 is 20.9 Å². The molecule has 0 spiro atoms. The third-order valence-corrected chi connectivity index (χ3v) is 13.8. The molecule has 1 saturated carbocycles. The van der Waals surface area contributed by atoms with Crippen molar-refractivity contribution in [3.8, 4) is 11.5 Å². The van der Waals surface area contributed by atoms with E-state index in [0.717, 1.165) is 82.0 Å². The van der Waals surface area contributed by atoms with E-state index in [0.29, 0.717) is 35.2 Å². The zero-order chi connectivity index (χ0) is 41.7. The molecule has 3 heterocycles. The SMILES string of the molecule is CCCCC1=C(CN2CCN(c3ccc(C(=O)NS(=O)(=O)c4ccc(NCC5CCC(C)CC5)c([N+](=O)[O-])c4)c(Oc4cnc5[nH]ccc5c4)c3)CC2)CCC(C)(C)C1. The summed E-state index contributed by atoms with van der Waals surface area (Å²) in [5.74, 6) is 0.681. The van der Waals surface area contributed by atoms with E-state index >= 15 is 0 Å². The number of ether oxygens (including phenoxy) is 1. The van der Waals surface area contributed by atoms with E-state index in [1.807, 2.05) is 12.1 Å². The number of pyridine rings is 1. The number of fused-ring (bicyclic) bond motifs is 1. The predicted molar refractivity (Wildman–Crippen MR) is 233 cm³/mol. The van der Waals surface area contributed by atoms with Gasteiger partial charge in [0.1, 0.15) is 22.8 Å². The van der Waals surface area contributed by atoms with Crippen LogP contribution in [0.4, 0.5) is 17.1 Å². The number of aromatic nitrogens is 2. The molecule has 0 bridgehead atoms. The monoisotopic (exact) mass is 825 g/mol. The Morgan fingerprint density at radius 1 is 1.03 bits per heavy atom. The van der Waals surface area contributed by atoms with Crippen LogP contribution in [0, 0.1) is 27.4 Å². The summed E-state index contributed by atoms with van der Waals surface area (Å²) in [4.78, 5) is 37.3. The number of unbranched alkanes of at least 4 members (excludes halogenated alkanes) is 1. The van der Waals surface area contributed by atoms with Crippen molar-refractivity contribution in [1.29, 1.82) is 0 Å². The average Bonchev–Trinajstić information content (AvgIpc) is 3.69. The Labute approximate surface area is 348 Å². The summed E-state index contributed by atoms with van der Waals surface area (Å²) >= 11 is 0. The highest BCUT2D eigenvalue weighted by molar-refractivity contribution is 7.90. The normalized spacial score (nSPS) is 20.1. The van der Waals surface area contributed by atoms with Crippen molar-refractivity contribution < 1.29 is 22.9 Å². The molecule has 14 heteroatoms. The van der Waals surface area contributed by atoms with E-state index in [9.17, 15) is 23.3 Å². The predicted octanol–water partition coefficient (Wildman–Crippen LogP) is 9.44. The minimum atomic E-state index is -4.52. The van der Waals surface area contributed by atoms with Crippen LogP contribution in [0.5, 0.6) is 11.5 Å². The largest absolute Gasteiger partial charge is 0.455 e. The summed E-state index contributed by atoms with van der Waals surface area (Å²) in [6.07, 6.45) is 14.8. The molecule has 2 aromatic heterocycles. The smallest absolute Gasteiger partial charge is 0.293 e. The minimum Gasteiger partial charge on any atom is -0.455 e. The summed E-state index contributed by atoms with van der Waals surface area (Å²) in [5, 5.41) is 16.1. The van der Waals surface area contributed by atoms with E-state index in [1.165, 1.54) is 44.2 Å². The molecule has 3 N–H and O–H groups in total. The van der Waals surface area contributed by atoms with E-state index in [4.69, 9.17) is 4.74 Å². The van der Waals surface area contributed by atoms with Gasteiger partial charge in [0.05, 0.1) is 21.6 Å². The van der Waals surface area contributed by atoms with Gasteiger partial charge >= 0.3 is 0 Å². The number of amides is 1. The number of nitrogens with zero attached hydrogens (tertiary/aromatic N) is 4. The number of carbonyl (C=O) groups excluding carboxylic acids is 1. The molecule has 2 fully saturated rings. The molecule has 2 aromatic carbocycles. The molecule has 13 nitrogen and oxygen atoms in total. The molecule has 0 unspecified atom stereocenters. The van der Waals surface area contributed by atoms with Crippen LogP contribution in [0.1, 0.15) is 102 Å². The van der Waals surface area contributed by atoms with Gasteiger partial charge in [0.2, 0.25) is 0 Å². The molecule has 59 heavy (non-hydrogen) atoms. The first-order valence-electron chi connectivity index (χ1n) is 21.3. The van der Waals surface area contributed by atoms with Crippen molar-refractivity contribution in [2.75, 3.05) is 49.5 Å². The number of anilines is 2. The zero-order valence-corrected chi connectivity index (χ0v) is 35.7. The first kappa shape index (κ1) is 42.2. The maximum absolute atomic E-state index is 13.9. The van der Waals surface area contributed by atoms with Gasteiger partial charge in [-0.25, -0.2) is 18.1 Å². The third-order valence-electron chi connectivity index (χ3n) is 12.5. The van der Waals surface area contributed by atoms with Crippen molar-refractivity contribution in [2.45, 2.75) is 96.8 Å².